The molecule has 0 N–H and O–H groups in total. The minimum atomic E-state index is -0.482. The topological polar surface area (TPSA) is 56.7 Å². The Morgan fingerprint density at radius 1 is 0.510 bits per heavy atom. The Kier molecular flexibility index (Phi) is 5.08. The minimum Gasteiger partial charge on any atom is -0.456 e. The van der Waals surface area contributed by atoms with Crippen molar-refractivity contribution in [3.8, 4) is 39.9 Å². The molecule has 0 bridgehead atoms. The summed E-state index contributed by atoms with van der Waals surface area (Å²) in [5.41, 5.74) is 6.02. The number of nitrogens with zero attached hydrogens (tertiary/aromatic N) is 4. The summed E-state index contributed by atoms with van der Waals surface area (Å²) in [4.78, 5) is 14.6. The van der Waals surface area contributed by atoms with Crippen LogP contribution >= 0.6 is 11.3 Å². The maximum Gasteiger partial charge on any atom is 0.164 e. The lowest BCUT2D eigenvalue weighted by atomic mass is 10.1. The highest BCUT2D eigenvalue weighted by molar-refractivity contribution is 7.25. The van der Waals surface area contributed by atoms with Gasteiger partial charge in [0.25, 0.3) is 0 Å². The maximum atomic E-state index is 8.78. The third kappa shape index (κ3) is 4.37. The Balaban J connectivity index is 1.12. The Labute approximate surface area is 302 Å². The molecule has 0 radical (unpaired) electrons. The first-order valence-corrected chi connectivity index (χ1v) is 17.3. The molecular formula is C45H26N4OS. The molecule has 0 saturated heterocycles. The first kappa shape index (κ1) is 23.7. The molecule has 0 aliphatic rings. The second-order valence-electron chi connectivity index (χ2n) is 12.4. The van der Waals surface area contributed by atoms with E-state index in [-0.39, 0.29) is 23.5 Å². The van der Waals surface area contributed by atoms with Crippen molar-refractivity contribution in [2.45, 2.75) is 0 Å². The molecule has 0 amide bonds. The van der Waals surface area contributed by atoms with Crippen LogP contribution in [-0.4, -0.2) is 19.5 Å². The predicted octanol–water partition coefficient (Wildman–Crippen LogP) is 12.2. The molecule has 11 rings (SSSR count). The number of hydrogen-bond acceptors (Lipinski definition) is 5. The van der Waals surface area contributed by atoms with E-state index in [2.05, 4.69) is 83.4 Å². The van der Waals surface area contributed by atoms with E-state index in [1.54, 1.807) is 11.3 Å². The Bertz CT molecular complexity index is 3380. The summed E-state index contributed by atoms with van der Waals surface area (Å²) in [5.74, 6) is 0.590. The summed E-state index contributed by atoms with van der Waals surface area (Å²) in [6, 6.07) is 40.9. The molecule has 6 heteroatoms. The van der Waals surface area contributed by atoms with Crippen LogP contribution < -0.4 is 0 Å². The number of hydrogen-bond donors (Lipinski definition) is 0. The zero-order valence-electron chi connectivity index (χ0n) is 31.7. The van der Waals surface area contributed by atoms with Gasteiger partial charge in [-0.3, -0.25) is 0 Å². The van der Waals surface area contributed by atoms with Gasteiger partial charge < -0.3 is 8.98 Å². The van der Waals surface area contributed by atoms with Crippen LogP contribution in [0, 0.1) is 0 Å². The van der Waals surface area contributed by atoms with Crippen molar-refractivity contribution in [2.75, 3.05) is 0 Å². The molecule has 51 heavy (non-hydrogen) atoms. The second kappa shape index (κ2) is 10.9. The Morgan fingerprint density at radius 2 is 1.20 bits per heavy atom. The van der Waals surface area contributed by atoms with Crippen molar-refractivity contribution in [3.05, 3.63) is 158 Å². The molecule has 7 aromatic carbocycles. The molecule has 238 valence electrons. The van der Waals surface area contributed by atoms with Crippen LogP contribution in [0.4, 0.5) is 0 Å². The van der Waals surface area contributed by atoms with Crippen LogP contribution in [0.15, 0.2) is 162 Å². The summed E-state index contributed by atoms with van der Waals surface area (Å²) in [6.45, 7) is 0. The van der Waals surface area contributed by atoms with E-state index in [1.165, 1.54) is 10.8 Å². The Morgan fingerprint density at radius 3 is 2.00 bits per heavy atom. The van der Waals surface area contributed by atoms with Crippen molar-refractivity contribution >= 4 is 75.3 Å². The van der Waals surface area contributed by atoms with E-state index >= 15 is 0 Å². The second-order valence-corrected chi connectivity index (χ2v) is 13.5. The van der Waals surface area contributed by atoms with Gasteiger partial charge in [0.05, 0.1) is 17.9 Å². The normalized spacial score (nSPS) is 13.3. The van der Waals surface area contributed by atoms with Crippen LogP contribution in [0.25, 0.3) is 104 Å². The zero-order chi connectivity index (χ0) is 37.8. The van der Waals surface area contributed by atoms with Crippen LogP contribution in [0.5, 0.6) is 0 Å². The lowest BCUT2D eigenvalue weighted by Gasteiger charge is -2.09. The number of benzene rings is 7. The van der Waals surface area contributed by atoms with E-state index in [9.17, 15) is 0 Å². The van der Waals surface area contributed by atoms with Gasteiger partial charge in [-0.05, 0) is 48.5 Å². The van der Waals surface area contributed by atoms with Gasteiger partial charge in [-0.15, -0.1) is 11.3 Å². The maximum absolute atomic E-state index is 8.78. The fourth-order valence-corrected chi connectivity index (χ4v) is 8.43. The average molecular weight is 676 g/mol. The first-order chi connectivity index (χ1) is 27.3. The van der Waals surface area contributed by atoms with Crippen molar-refractivity contribution in [3.63, 3.8) is 0 Å². The molecule has 4 aromatic heterocycles. The Hall–Kier alpha value is -6.63. The van der Waals surface area contributed by atoms with Crippen LogP contribution in [0.1, 0.15) is 6.85 Å². The molecule has 0 unspecified atom stereocenters. The van der Waals surface area contributed by atoms with Gasteiger partial charge in [-0.1, -0.05) is 109 Å². The van der Waals surface area contributed by atoms with Gasteiger partial charge in [-0.2, -0.15) is 0 Å². The smallest absolute Gasteiger partial charge is 0.164 e. The number of aromatic nitrogens is 4. The predicted molar refractivity (Wildman–Crippen MR) is 211 cm³/mol. The van der Waals surface area contributed by atoms with Crippen molar-refractivity contribution < 1.29 is 11.3 Å². The summed E-state index contributed by atoms with van der Waals surface area (Å²) in [6.07, 6.45) is 0. The van der Waals surface area contributed by atoms with E-state index < -0.39 is 18.1 Å². The number of fused-ring (bicyclic) bond motifs is 9. The molecule has 0 aliphatic heterocycles. The van der Waals surface area contributed by atoms with Crippen molar-refractivity contribution in [1.82, 2.24) is 19.5 Å². The molecule has 11 aromatic rings. The van der Waals surface area contributed by atoms with Gasteiger partial charge >= 0.3 is 0 Å². The van der Waals surface area contributed by atoms with Crippen LogP contribution in [-0.2, 0) is 0 Å². The van der Waals surface area contributed by atoms with Gasteiger partial charge in [0.15, 0.2) is 17.5 Å². The minimum absolute atomic E-state index is 0.0148. The van der Waals surface area contributed by atoms with Gasteiger partial charge in [0.1, 0.15) is 11.2 Å². The van der Waals surface area contributed by atoms with Gasteiger partial charge in [0, 0.05) is 64.1 Å². The van der Waals surface area contributed by atoms with Crippen molar-refractivity contribution in [1.29, 1.82) is 0 Å². The highest BCUT2D eigenvalue weighted by Gasteiger charge is 2.19. The lowest BCUT2D eigenvalue weighted by molar-refractivity contribution is 0.669. The summed E-state index contributed by atoms with van der Waals surface area (Å²) >= 11 is 1.68. The van der Waals surface area contributed by atoms with Gasteiger partial charge in [-0.25, -0.2) is 15.0 Å². The molecular weight excluding hydrogens is 645 g/mol. The quantitative estimate of drug-likeness (QED) is 0.186. The van der Waals surface area contributed by atoms with E-state index in [4.69, 9.17) is 26.2 Å². The van der Waals surface area contributed by atoms with E-state index in [0.29, 0.717) is 33.9 Å². The first-order valence-electron chi connectivity index (χ1n) is 19.0. The lowest BCUT2D eigenvalue weighted by Crippen LogP contribution is -2.00. The van der Waals surface area contributed by atoms with Crippen LogP contribution in [0.2, 0.25) is 0 Å². The monoisotopic (exact) mass is 675 g/mol. The molecule has 4 heterocycles. The number of para-hydroxylation sites is 3. The average Bonchev–Trinajstić information content (AvgIpc) is 3.91. The van der Waals surface area contributed by atoms with E-state index in [1.807, 2.05) is 48.5 Å². The molecule has 0 spiro atoms. The SMILES string of the molecule is [2H]c1c([2H])c([2H])c(-c2nc(-c3ccc4c(c3)sc3ccc(-n5c6ccccc6c6ccccc65)cc34)nc(-c3cccc4oc5ccccc5c34)n2)c([2H])c1[2H]. The third-order valence-electron chi connectivity index (χ3n) is 9.55. The molecule has 0 saturated carbocycles. The zero-order valence-corrected chi connectivity index (χ0v) is 27.5. The van der Waals surface area contributed by atoms with Crippen LogP contribution in [0.3, 0.4) is 0 Å². The highest BCUT2D eigenvalue weighted by Crippen LogP contribution is 2.40. The standard InChI is InChI=1S/C45H26N4OS/c1-2-11-27(12-3-1)43-46-44(48-45(47-43)34-16-10-20-39-42(34)33-15-6-9-19-38(33)50-39)28-21-23-32-35-26-29(22-24-40(35)51-41(32)25-28)49-36-17-7-4-13-30(36)31-14-5-8-18-37(31)49/h1-26H/i1D,2D,3D,11D,12D. The summed E-state index contributed by atoms with van der Waals surface area (Å²) in [7, 11) is 0. The fraction of sp³-hybridized carbons (Fsp3) is 0. The van der Waals surface area contributed by atoms with Crippen molar-refractivity contribution in [2.24, 2.45) is 0 Å². The third-order valence-corrected chi connectivity index (χ3v) is 10.7. The number of furan rings is 1. The fourth-order valence-electron chi connectivity index (χ4n) is 7.30. The summed E-state index contributed by atoms with van der Waals surface area (Å²) < 4.78 is 53.2. The molecule has 0 fully saturated rings. The number of thiophene rings is 1. The largest absolute Gasteiger partial charge is 0.456 e. The molecule has 5 nitrogen and oxygen atoms in total. The number of rotatable bonds is 4. The summed E-state index contributed by atoms with van der Waals surface area (Å²) in [5, 5.41) is 6.33. The van der Waals surface area contributed by atoms with E-state index in [0.717, 1.165) is 47.7 Å². The van der Waals surface area contributed by atoms with Gasteiger partial charge in [0.2, 0.25) is 0 Å². The molecule has 0 aliphatic carbocycles. The molecule has 0 atom stereocenters. The highest BCUT2D eigenvalue weighted by atomic mass is 32.1.